The molecule has 1 aliphatic rings. The maximum Gasteiger partial charge on any atom is 0.224 e. The minimum absolute atomic E-state index is 0.150. The zero-order valence-corrected chi connectivity index (χ0v) is 23.6. The van der Waals surface area contributed by atoms with E-state index in [1.807, 2.05) is 4.90 Å². The van der Waals surface area contributed by atoms with Crippen molar-refractivity contribution < 1.29 is 9.53 Å². The van der Waals surface area contributed by atoms with Crippen LogP contribution in [0.15, 0.2) is 60.7 Å². The van der Waals surface area contributed by atoms with Crippen LogP contribution < -0.4 is 5.73 Å². The van der Waals surface area contributed by atoms with E-state index in [0.29, 0.717) is 31.9 Å². The number of methoxy groups -OCH3 is 1. The smallest absolute Gasteiger partial charge is 0.224 e. The van der Waals surface area contributed by atoms with Crippen LogP contribution in [0.4, 0.5) is 0 Å². The highest BCUT2D eigenvalue weighted by molar-refractivity contribution is 5.83. The number of aromatic nitrogens is 2. The number of carbonyl (C=O) groups is 1. The average Bonchev–Trinajstić information content (AvgIpc) is 3.31. The number of hydrogen-bond acceptors (Lipinski definition) is 4. The molecule has 0 radical (unpaired) electrons. The zero-order valence-electron chi connectivity index (χ0n) is 23.6. The fourth-order valence-corrected chi connectivity index (χ4v) is 5.94. The molecule has 39 heavy (non-hydrogen) atoms. The van der Waals surface area contributed by atoms with E-state index in [1.54, 1.807) is 7.11 Å². The molecule has 0 aliphatic carbocycles. The lowest BCUT2D eigenvalue weighted by Gasteiger charge is -2.33. The molecule has 2 N–H and O–H groups in total. The van der Waals surface area contributed by atoms with Gasteiger partial charge in [0.25, 0.3) is 0 Å². The molecule has 5 rings (SSSR count). The number of likely N-dealkylation sites (tertiary alicyclic amines) is 1. The number of fused-ring (bicyclic) bond motifs is 2. The van der Waals surface area contributed by atoms with Gasteiger partial charge >= 0.3 is 0 Å². The molecule has 206 valence electrons. The fourth-order valence-electron chi connectivity index (χ4n) is 5.94. The Hall–Kier alpha value is -3.22. The van der Waals surface area contributed by atoms with E-state index in [0.717, 1.165) is 43.7 Å². The van der Waals surface area contributed by atoms with Gasteiger partial charge in [0.05, 0.1) is 11.0 Å². The minimum atomic E-state index is -0.202. The standard InChI is InChI=1S/C33H42N4O2/c1-23(2)26-13-14-30-31(20-26)37(16-7-17-39-3)33(35-30)28-10-6-15-36(22-28)32(38)21-29(34)19-24-11-12-25-8-4-5-9-27(25)18-24/h4-5,8-9,11-14,18,20,23,28-29H,6-7,10,15-17,19,21-22,34H2,1-3H3/t28?,29-/m1/s1. The van der Waals surface area contributed by atoms with E-state index in [1.165, 1.54) is 27.4 Å². The third-order valence-corrected chi connectivity index (χ3v) is 8.09. The van der Waals surface area contributed by atoms with Crippen LogP contribution in [0.2, 0.25) is 0 Å². The van der Waals surface area contributed by atoms with Crippen LogP contribution in [0.1, 0.15) is 68.3 Å². The Morgan fingerprint density at radius 1 is 1.10 bits per heavy atom. The summed E-state index contributed by atoms with van der Waals surface area (Å²) < 4.78 is 7.73. The molecule has 2 atom stereocenters. The van der Waals surface area contributed by atoms with Crippen molar-refractivity contribution in [2.75, 3.05) is 26.8 Å². The summed E-state index contributed by atoms with van der Waals surface area (Å²) in [7, 11) is 1.75. The summed E-state index contributed by atoms with van der Waals surface area (Å²) in [5.41, 5.74) is 11.2. The highest BCUT2D eigenvalue weighted by atomic mass is 16.5. The summed E-state index contributed by atoms with van der Waals surface area (Å²) >= 11 is 0. The Balaban J connectivity index is 1.29. The normalized spacial score (nSPS) is 16.8. The van der Waals surface area contributed by atoms with E-state index < -0.39 is 0 Å². The van der Waals surface area contributed by atoms with Crippen molar-refractivity contribution >= 4 is 27.7 Å². The third kappa shape index (κ3) is 6.34. The first-order chi connectivity index (χ1) is 18.9. The Morgan fingerprint density at radius 2 is 1.92 bits per heavy atom. The second-order valence-electron chi connectivity index (χ2n) is 11.4. The first kappa shape index (κ1) is 27.4. The number of imidazole rings is 1. The minimum Gasteiger partial charge on any atom is -0.385 e. The first-order valence-electron chi connectivity index (χ1n) is 14.4. The molecule has 6 heteroatoms. The maximum absolute atomic E-state index is 13.4. The summed E-state index contributed by atoms with van der Waals surface area (Å²) in [4.78, 5) is 20.5. The molecule has 6 nitrogen and oxygen atoms in total. The monoisotopic (exact) mass is 526 g/mol. The molecule has 1 amide bonds. The highest BCUT2D eigenvalue weighted by Gasteiger charge is 2.29. The topological polar surface area (TPSA) is 73.4 Å². The zero-order chi connectivity index (χ0) is 27.4. The molecular formula is C33H42N4O2. The molecule has 3 aromatic carbocycles. The number of hydrogen-bond donors (Lipinski definition) is 1. The third-order valence-electron chi connectivity index (χ3n) is 8.09. The number of aryl methyl sites for hydroxylation is 1. The van der Waals surface area contributed by atoms with E-state index >= 15 is 0 Å². The van der Waals surface area contributed by atoms with Gasteiger partial charge in [-0.3, -0.25) is 4.79 Å². The number of nitrogens with two attached hydrogens (primary N) is 1. The van der Waals surface area contributed by atoms with Crippen molar-refractivity contribution in [2.45, 2.75) is 70.4 Å². The molecule has 1 unspecified atom stereocenters. The summed E-state index contributed by atoms with van der Waals surface area (Å²) in [6.45, 7) is 7.52. The summed E-state index contributed by atoms with van der Waals surface area (Å²) in [6.07, 6.45) is 4.01. The van der Waals surface area contributed by atoms with E-state index in [9.17, 15) is 4.79 Å². The lowest BCUT2D eigenvalue weighted by Crippen LogP contribution is -2.42. The van der Waals surface area contributed by atoms with Crippen LogP contribution in [0.3, 0.4) is 0 Å². The molecule has 0 spiro atoms. The van der Waals surface area contributed by atoms with Gasteiger partial charge in [0.1, 0.15) is 5.82 Å². The van der Waals surface area contributed by atoms with Crippen LogP contribution in [-0.4, -0.2) is 53.2 Å². The largest absolute Gasteiger partial charge is 0.385 e. The number of ether oxygens (including phenoxy) is 1. The van der Waals surface area contributed by atoms with Gasteiger partial charge < -0.3 is 19.9 Å². The number of amides is 1. The quantitative estimate of drug-likeness (QED) is 0.257. The second-order valence-corrected chi connectivity index (χ2v) is 11.4. The van der Waals surface area contributed by atoms with Gasteiger partial charge in [0, 0.05) is 51.7 Å². The van der Waals surface area contributed by atoms with Gasteiger partial charge in [0.2, 0.25) is 5.91 Å². The van der Waals surface area contributed by atoms with Crippen molar-refractivity contribution in [1.82, 2.24) is 14.5 Å². The van der Waals surface area contributed by atoms with Crippen LogP contribution in [0, 0.1) is 0 Å². The lowest BCUT2D eigenvalue weighted by atomic mass is 9.95. The van der Waals surface area contributed by atoms with Crippen molar-refractivity contribution in [3.63, 3.8) is 0 Å². The van der Waals surface area contributed by atoms with Gasteiger partial charge in [-0.05, 0) is 65.6 Å². The Labute approximate surface area is 232 Å². The summed E-state index contributed by atoms with van der Waals surface area (Å²) in [6, 6.07) is 21.2. The van der Waals surface area contributed by atoms with E-state index in [-0.39, 0.29) is 17.9 Å². The fraction of sp³-hybridized carbons (Fsp3) is 0.455. The molecule has 1 saturated heterocycles. The van der Waals surface area contributed by atoms with Gasteiger partial charge in [0.15, 0.2) is 0 Å². The molecule has 0 saturated carbocycles. The molecule has 4 aromatic rings. The average molecular weight is 527 g/mol. The van der Waals surface area contributed by atoms with Crippen molar-refractivity contribution in [1.29, 1.82) is 0 Å². The number of nitrogens with zero attached hydrogens (tertiary/aromatic N) is 3. The molecule has 1 aliphatic heterocycles. The summed E-state index contributed by atoms with van der Waals surface area (Å²) in [5, 5.41) is 2.43. The van der Waals surface area contributed by atoms with E-state index in [4.69, 9.17) is 15.5 Å². The van der Waals surface area contributed by atoms with Crippen LogP contribution in [0.5, 0.6) is 0 Å². The van der Waals surface area contributed by atoms with Gasteiger partial charge in [-0.2, -0.15) is 0 Å². The predicted octanol–water partition coefficient (Wildman–Crippen LogP) is 6.02. The maximum atomic E-state index is 13.4. The van der Waals surface area contributed by atoms with Crippen molar-refractivity contribution in [3.8, 4) is 0 Å². The predicted molar refractivity (Wildman–Crippen MR) is 159 cm³/mol. The first-order valence-corrected chi connectivity index (χ1v) is 14.4. The Morgan fingerprint density at radius 3 is 2.72 bits per heavy atom. The summed E-state index contributed by atoms with van der Waals surface area (Å²) in [5.74, 6) is 1.93. The molecular weight excluding hydrogens is 484 g/mol. The van der Waals surface area contributed by atoms with Crippen LogP contribution in [-0.2, 0) is 22.5 Å². The number of benzene rings is 3. The second kappa shape index (κ2) is 12.3. The molecule has 1 aromatic heterocycles. The molecule has 1 fully saturated rings. The van der Waals surface area contributed by atoms with Gasteiger partial charge in [-0.15, -0.1) is 0 Å². The Bertz CT molecular complexity index is 1430. The highest BCUT2D eigenvalue weighted by Crippen LogP contribution is 2.31. The Kier molecular flexibility index (Phi) is 8.63. The molecule has 0 bridgehead atoms. The van der Waals surface area contributed by atoms with Crippen molar-refractivity contribution in [3.05, 3.63) is 77.6 Å². The van der Waals surface area contributed by atoms with Gasteiger partial charge in [-0.1, -0.05) is 62.4 Å². The van der Waals surface area contributed by atoms with E-state index in [2.05, 4.69) is 79.1 Å². The van der Waals surface area contributed by atoms with Gasteiger partial charge in [-0.25, -0.2) is 4.98 Å². The number of piperidine rings is 1. The number of carbonyl (C=O) groups excluding carboxylic acids is 1. The number of rotatable bonds is 10. The molecule has 2 heterocycles. The lowest BCUT2D eigenvalue weighted by molar-refractivity contribution is -0.132. The SMILES string of the molecule is COCCCn1c(C2CCCN(C(=O)C[C@H](N)Cc3ccc4ccccc4c3)C2)nc2ccc(C(C)C)cc21. The van der Waals surface area contributed by atoms with Crippen molar-refractivity contribution in [2.24, 2.45) is 5.73 Å². The van der Waals surface area contributed by atoms with Crippen LogP contribution >= 0.6 is 0 Å². The van der Waals surface area contributed by atoms with Crippen LogP contribution in [0.25, 0.3) is 21.8 Å².